The number of carboxylic acid groups (broad SMARTS) is 2. The molecule has 0 spiro atoms. The quantitative estimate of drug-likeness (QED) is 0.331. The molecule has 1 fully saturated rings. The van der Waals surface area contributed by atoms with Crippen LogP contribution in [-0.2, 0) is 19.2 Å². The van der Waals surface area contributed by atoms with E-state index in [4.69, 9.17) is 21.1 Å². The molecule has 3 unspecified atom stereocenters. The van der Waals surface area contributed by atoms with Crippen molar-refractivity contribution < 1.29 is 34.5 Å². The van der Waals surface area contributed by atoms with Crippen molar-refractivity contribution in [3.63, 3.8) is 0 Å². The maximum atomic E-state index is 12.2. The SMILES string of the molecule is NC(CCC(=O)O)C(=O)N1CCCC1C(=O)NC(CO)C(=O)O. The van der Waals surface area contributed by atoms with Crippen LogP contribution >= 0.6 is 0 Å². The number of amides is 2. The molecule has 1 rings (SSSR count). The molecule has 23 heavy (non-hydrogen) atoms. The molecule has 10 heteroatoms. The van der Waals surface area contributed by atoms with Crippen molar-refractivity contribution in [1.29, 1.82) is 0 Å². The Morgan fingerprint density at radius 2 is 1.91 bits per heavy atom. The van der Waals surface area contributed by atoms with E-state index in [2.05, 4.69) is 5.32 Å². The Bertz CT molecular complexity index is 482. The van der Waals surface area contributed by atoms with Crippen LogP contribution in [0.1, 0.15) is 25.7 Å². The lowest BCUT2D eigenvalue weighted by atomic mass is 10.1. The van der Waals surface area contributed by atoms with Crippen molar-refractivity contribution in [3.05, 3.63) is 0 Å². The lowest BCUT2D eigenvalue weighted by molar-refractivity contribution is -0.145. The van der Waals surface area contributed by atoms with Gasteiger partial charge in [0, 0.05) is 13.0 Å². The number of rotatable bonds is 8. The number of aliphatic hydroxyl groups is 1. The van der Waals surface area contributed by atoms with Crippen LogP contribution in [0, 0.1) is 0 Å². The Morgan fingerprint density at radius 3 is 2.43 bits per heavy atom. The molecule has 6 N–H and O–H groups in total. The zero-order valence-corrected chi connectivity index (χ0v) is 12.5. The molecule has 0 saturated carbocycles. The third-order valence-corrected chi connectivity index (χ3v) is 3.62. The molecule has 0 aromatic carbocycles. The van der Waals surface area contributed by atoms with Crippen molar-refractivity contribution >= 4 is 23.8 Å². The zero-order valence-electron chi connectivity index (χ0n) is 12.5. The number of carbonyl (C=O) groups excluding carboxylic acids is 2. The summed E-state index contributed by atoms with van der Waals surface area (Å²) in [4.78, 5) is 46.9. The van der Waals surface area contributed by atoms with Crippen LogP contribution in [-0.4, -0.2) is 75.2 Å². The molecule has 1 heterocycles. The number of nitrogens with zero attached hydrogens (tertiary/aromatic N) is 1. The van der Waals surface area contributed by atoms with Gasteiger partial charge in [0.05, 0.1) is 12.6 Å². The first kappa shape index (κ1) is 18.8. The fourth-order valence-corrected chi connectivity index (χ4v) is 2.37. The minimum atomic E-state index is -1.44. The molecule has 0 radical (unpaired) electrons. The second kappa shape index (κ2) is 8.44. The van der Waals surface area contributed by atoms with E-state index in [1.807, 2.05) is 0 Å². The first-order valence-corrected chi connectivity index (χ1v) is 7.19. The summed E-state index contributed by atoms with van der Waals surface area (Å²) in [6, 6.07) is -3.35. The molecule has 2 amide bonds. The monoisotopic (exact) mass is 331 g/mol. The minimum absolute atomic E-state index is 0.0482. The van der Waals surface area contributed by atoms with Crippen LogP contribution in [0.2, 0.25) is 0 Å². The molecular formula is C13H21N3O7. The van der Waals surface area contributed by atoms with E-state index in [0.29, 0.717) is 12.8 Å². The minimum Gasteiger partial charge on any atom is -0.481 e. The van der Waals surface area contributed by atoms with E-state index in [0.717, 1.165) is 0 Å². The normalized spacial score (nSPS) is 19.9. The van der Waals surface area contributed by atoms with Crippen molar-refractivity contribution in [2.75, 3.05) is 13.2 Å². The second-order valence-electron chi connectivity index (χ2n) is 5.31. The van der Waals surface area contributed by atoms with Gasteiger partial charge in [0.15, 0.2) is 0 Å². The number of carboxylic acids is 2. The van der Waals surface area contributed by atoms with E-state index in [9.17, 15) is 19.2 Å². The maximum absolute atomic E-state index is 12.2. The van der Waals surface area contributed by atoms with E-state index < -0.39 is 48.5 Å². The summed E-state index contributed by atoms with van der Waals surface area (Å²) < 4.78 is 0. The van der Waals surface area contributed by atoms with Crippen LogP contribution in [0.4, 0.5) is 0 Å². The molecular weight excluding hydrogens is 310 g/mol. The van der Waals surface area contributed by atoms with Gasteiger partial charge in [0.25, 0.3) is 0 Å². The third kappa shape index (κ3) is 5.18. The van der Waals surface area contributed by atoms with Crippen LogP contribution in [0.15, 0.2) is 0 Å². The number of nitrogens with two attached hydrogens (primary N) is 1. The smallest absolute Gasteiger partial charge is 0.328 e. The van der Waals surface area contributed by atoms with Gasteiger partial charge in [-0.25, -0.2) is 4.79 Å². The Morgan fingerprint density at radius 1 is 1.26 bits per heavy atom. The van der Waals surface area contributed by atoms with Crippen LogP contribution < -0.4 is 11.1 Å². The Balaban J connectivity index is 2.68. The summed E-state index contributed by atoms with van der Waals surface area (Å²) in [5.41, 5.74) is 5.66. The molecule has 10 nitrogen and oxygen atoms in total. The largest absolute Gasteiger partial charge is 0.481 e. The average Bonchev–Trinajstić information content (AvgIpc) is 2.98. The fourth-order valence-electron chi connectivity index (χ4n) is 2.37. The third-order valence-electron chi connectivity index (χ3n) is 3.62. The van der Waals surface area contributed by atoms with Gasteiger partial charge in [-0.1, -0.05) is 0 Å². The fraction of sp³-hybridized carbons (Fsp3) is 0.692. The first-order chi connectivity index (χ1) is 10.8. The van der Waals surface area contributed by atoms with Crippen molar-refractivity contribution in [2.24, 2.45) is 5.73 Å². The highest BCUT2D eigenvalue weighted by Crippen LogP contribution is 2.19. The summed E-state index contributed by atoms with van der Waals surface area (Å²) in [5.74, 6) is -3.67. The predicted octanol–water partition coefficient (Wildman–Crippen LogP) is -2.27. The van der Waals surface area contributed by atoms with E-state index in [1.165, 1.54) is 4.90 Å². The number of aliphatic carboxylic acids is 2. The number of aliphatic hydroxyl groups excluding tert-OH is 1. The van der Waals surface area contributed by atoms with Gasteiger partial charge in [-0.05, 0) is 19.3 Å². The molecule has 0 aliphatic carbocycles. The standard InChI is InChI=1S/C13H21N3O7/c14-7(3-4-10(18)19)12(21)16-5-1-2-9(16)11(20)15-8(6-17)13(22)23/h7-9,17H,1-6,14H2,(H,15,20)(H,18,19)(H,22,23). The maximum Gasteiger partial charge on any atom is 0.328 e. The molecule has 1 aliphatic heterocycles. The Labute approximate surface area is 132 Å². The van der Waals surface area contributed by atoms with Crippen molar-refractivity contribution in [2.45, 2.75) is 43.8 Å². The van der Waals surface area contributed by atoms with Crippen LogP contribution in [0.25, 0.3) is 0 Å². The Hall–Kier alpha value is -2.20. The number of hydrogen-bond donors (Lipinski definition) is 5. The predicted molar refractivity (Wildman–Crippen MR) is 76.2 cm³/mol. The molecule has 130 valence electrons. The summed E-state index contributed by atoms with van der Waals surface area (Å²) in [5, 5.41) is 28.5. The zero-order chi connectivity index (χ0) is 17.6. The molecule has 1 saturated heterocycles. The van der Waals surface area contributed by atoms with Crippen molar-refractivity contribution in [1.82, 2.24) is 10.2 Å². The lowest BCUT2D eigenvalue weighted by Crippen LogP contribution is -2.54. The first-order valence-electron chi connectivity index (χ1n) is 7.19. The van der Waals surface area contributed by atoms with Gasteiger partial charge in [-0.2, -0.15) is 0 Å². The van der Waals surface area contributed by atoms with Gasteiger partial charge in [0.2, 0.25) is 11.8 Å². The lowest BCUT2D eigenvalue weighted by Gasteiger charge is -2.27. The number of hydrogen-bond acceptors (Lipinski definition) is 6. The second-order valence-corrected chi connectivity index (χ2v) is 5.31. The highest BCUT2D eigenvalue weighted by Gasteiger charge is 2.37. The molecule has 0 aromatic heterocycles. The number of nitrogens with one attached hydrogen (secondary N) is 1. The number of likely N-dealkylation sites (tertiary alicyclic amines) is 1. The van der Waals surface area contributed by atoms with Gasteiger partial charge in [-0.3, -0.25) is 14.4 Å². The highest BCUT2D eigenvalue weighted by molar-refractivity contribution is 5.92. The topological polar surface area (TPSA) is 170 Å². The average molecular weight is 331 g/mol. The molecule has 0 aromatic rings. The Kier molecular flexibility index (Phi) is 6.91. The summed E-state index contributed by atoms with van der Waals surface area (Å²) in [6.45, 7) is -0.478. The van der Waals surface area contributed by atoms with Crippen LogP contribution in [0.5, 0.6) is 0 Å². The van der Waals surface area contributed by atoms with Gasteiger partial charge < -0.3 is 31.3 Å². The summed E-state index contributed by atoms with van der Waals surface area (Å²) in [6.07, 6.45) is 0.587. The molecule has 0 bridgehead atoms. The number of carbonyl (C=O) groups is 4. The van der Waals surface area contributed by atoms with Crippen molar-refractivity contribution in [3.8, 4) is 0 Å². The van der Waals surface area contributed by atoms with E-state index in [1.54, 1.807) is 0 Å². The van der Waals surface area contributed by atoms with E-state index >= 15 is 0 Å². The summed E-state index contributed by atoms with van der Waals surface area (Å²) in [7, 11) is 0. The van der Waals surface area contributed by atoms with E-state index in [-0.39, 0.29) is 19.4 Å². The van der Waals surface area contributed by atoms with Gasteiger partial charge in [0.1, 0.15) is 12.1 Å². The van der Waals surface area contributed by atoms with Crippen LogP contribution in [0.3, 0.4) is 0 Å². The highest BCUT2D eigenvalue weighted by atomic mass is 16.4. The molecule has 3 atom stereocenters. The molecule has 1 aliphatic rings. The van der Waals surface area contributed by atoms with Gasteiger partial charge in [-0.15, -0.1) is 0 Å². The summed E-state index contributed by atoms with van der Waals surface area (Å²) >= 11 is 0. The van der Waals surface area contributed by atoms with Gasteiger partial charge >= 0.3 is 11.9 Å².